The van der Waals surface area contributed by atoms with E-state index in [1.165, 1.54) is 33.1 Å². The third kappa shape index (κ3) is 6.80. The van der Waals surface area contributed by atoms with Crippen LogP contribution in [0, 0.1) is 28.8 Å². The summed E-state index contributed by atoms with van der Waals surface area (Å²) in [6.07, 6.45) is 4.42. The monoisotopic (exact) mass is 627 g/mol. The Labute approximate surface area is 248 Å². The van der Waals surface area contributed by atoms with Crippen LogP contribution in [0.1, 0.15) is 37.9 Å². The molecule has 6 N–H and O–H groups in total. The number of allylic oxidation sites excluding steroid dienone is 2. The lowest BCUT2D eigenvalue weighted by atomic mass is 9.87. The number of quaternary nitrogens is 1. The normalized spacial score (nSPS) is 18.0. The number of hydrogen-bond acceptors (Lipinski definition) is 6. The second kappa shape index (κ2) is 12.2. The smallest absolute Gasteiger partial charge is 0.382 e. The van der Waals surface area contributed by atoms with Gasteiger partial charge in [0.05, 0.1) is 35.5 Å². The number of hydrogen-bond donors (Lipinski definition) is 5. The zero-order valence-electron chi connectivity index (χ0n) is 23.2. The van der Waals surface area contributed by atoms with E-state index in [4.69, 9.17) is 21.7 Å². The lowest BCUT2D eigenvalue weighted by molar-refractivity contribution is -0.681. The van der Waals surface area contributed by atoms with Crippen LogP contribution in [0.3, 0.4) is 0 Å². The number of methoxy groups -OCH3 is 1. The molecule has 1 amide bonds. The van der Waals surface area contributed by atoms with Gasteiger partial charge >= 0.3 is 6.55 Å². The Morgan fingerprint density at radius 2 is 1.88 bits per heavy atom. The number of pyridine rings is 1. The summed E-state index contributed by atoms with van der Waals surface area (Å²) in [4.78, 5) is 17.4. The molecular formula is C29H29ClF5N4O4+. The van der Waals surface area contributed by atoms with Crippen molar-refractivity contribution in [1.82, 2.24) is 10.3 Å². The van der Waals surface area contributed by atoms with Gasteiger partial charge in [-0.25, -0.2) is 18.2 Å². The van der Waals surface area contributed by atoms with Gasteiger partial charge in [-0.3, -0.25) is 15.5 Å². The van der Waals surface area contributed by atoms with Crippen LogP contribution < -0.4 is 10.6 Å². The lowest BCUT2D eigenvalue weighted by Gasteiger charge is -2.31. The highest BCUT2D eigenvalue weighted by Gasteiger charge is 2.47. The molecule has 1 saturated carbocycles. The number of benzene rings is 1. The van der Waals surface area contributed by atoms with E-state index in [0.717, 1.165) is 18.3 Å². The van der Waals surface area contributed by atoms with Gasteiger partial charge in [0.15, 0.2) is 5.82 Å². The predicted octanol–water partition coefficient (Wildman–Crippen LogP) is 3.92. The van der Waals surface area contributed by atoms with Crippen molar-refractivity contribution in [2.24, 2.45) is 5.92 Å². The Morgan fingerprint density at radius 1 is 1.21 bits per heavy atom. The molecule has 14 heteroatoms. The highest BCUT2D eigenvalue weighted by Crippen LogP contribution is 2.46. The summed E-state index contributed by atoms with van der Waals surface area (Å²) in [6.45, 7) is -0.722. The number of carbonyl (C=O) groups is 1. The average Bonchev–Trinajstić information content (AvgIpc) is 3.79. The van der Waals surface area contributed by atoms with E-state index in [9.17, 15) is 32.6 Å². The van der Waals surface area contributed by atoms with Crippen LogP contribution in [-0.4, -0.2) is 47.0 Å². The number of alkyl halides is 2. The first-order valence-electron chi connectivity index (χ1n) is 13.1. The van der Waals surface area contributed by atoms with Gasteiger partial charge in [-0.1, -0.05) is 11.6 Å². The van der Waals surface area contributed by atoms with Crippen molar-refractivity contribution in [3.63, 3.8) is 0 Å². The van der Waals surface area contributed by atoms with Crippen LogP contribution in [-0.2, 0) is 20.7 Å². The number of ether oxygens (including phenoxy) is 1. The molecule has 230 valence electrons. The molecule has 2 aliphatic carbocycles. The van der Waals surface area contributed by atoms with Gasteiger partial charge in [-0.15, -0.1) is 0 Å². The predicted molar refractivity (Wildman–Crippen MR) is 146 cm³/mol. The minimum absolute atomic E-state index is 0.0121. The van der Waals surface area contributed by atoms with Crippen molar-refractivity contribution in [3.05, 3.63) is 87.2 Å². The van der Waals surface area contributed by atoms with E-state index in [-0.39, 0.29) is 33.9 Å². The number of nitrogens with two attached hydrogens (primary N) is 1. The Kier molecular flexibility index (Phi) is 9.12. The molecule has 1 fully saturated rings. The summed E-state index contributed by atoms with van der Waals surface area (Å²) >= 11 is 5.83. The van der Waals surface area contributed by atoms with Gasteiger partial charge in [-0.2, -0.15) is 8.78 Å². The third-order valence-corrected chi connectivity index (χ3v) is 7.42. The Balaban J connectivity index is 1.74. The average molecular weight is 628 g/mol. The maximum atomic E-state index is 15.7. The molecule has 0 saturated heterocycles. The molecule has 0 radical (unpaired) electrons. The zero-order valence-corrected chi connectivity index (χ0v) is 24.0. The van der Waals surface area contributed by atoms with Crippen molar-refractivity contribution in [3.8, 4) is 11.3 Å². The molecular weight excluding hydrogens is 599 g/mol. The summed E-state index contributed by atoms with van der Waals surface area (Å²) in [6, 6.07) is 2.43. The molecule has 1 aromatic carbocycles. The maximum Gasteiger partial charge on any atom is 0.382 e. The number of aromatic nitrogens is 1. The molecule has 1 heterocycles. The zero-order chi connectivity index (χ0) is 31.9. The fourth-order valence-corrected chi connectivity index (χ4v) is 4.80. The van der Waals surface area contributed by atoms with Crippen molar-refractivity contribution in [1.29, 1.82) is 5.41 Å². The van der Waals surface area contributed by atoms with E-state index in [2.05, 4.69) is 10.3 Å². The molecule has 0 aliphatic heterocycles. The van der Waals surface area contributed by atoms with Crippen molar-refractivity contribution >= 4 is 23.2 Å². The molecule has 43 heavy (non-hydrogen) atoms. The van der Waals surface area contributed by atoms with Crippen LogP contribution in [0.4, 0.5) is 22.0 Å². The fraction of sp³-hybridized carbons (Fsp3) is 0.345. The highest BCUT2D eigenvalue weighted by atomic mass is 35.5. The number of nitrogens with zero attached hydrogens (tertiary/aromatic N) is 1. The molecule has 0 spiro atoms. The number of amides is 1. The molecule has 0 unspecified atom stereocenters. The van der Waals surface area contributed by atoms with Crippen LogP contribution in [0.15, 0.2) is 53.5 Å². The van der Waals surface area contributed by atoms with Gasteiger partial charge in [0.25, 0.3) is 5.91 Å². The van der Waals surface area contributed by atoms with Crippen molar-refractivity contribution < 1.29 is 47.0 Å². The molecule has 1 aromatic heterocycles. The van der Waals surface area contributed by atoms with Gasteiger partial charge in [0.2, 0.25) is 0 Å². The van der Waals surface area contributed by atoms with E-state index in [0.29, 0.717) is 24.2 Å². The molecule has 8 nitrogen and oxygen atoms in total. The van der Waals surface area contributed by atoms with Gasteiger partial charge in [0.1, 0.15) is 40.6 Å². The Bertz CT molecular complexity index is 1570. The summed E-state index contributed by atoms with van der Waals surface area (Å²) in [5, 5.41) is 33.3. The standard InChI is InChI=1S/C29H28ClF5N4O4/c1-28(2,41)17-9-22(39-25(23(17)33)16-8-18(30)20(32)10-19(16)31)29(42,15-4-5-15)12-38-26(40)13-6-14(11-37-27(34)35)24(36)21(7-13)43-3/h6-11,15,27,36-37,41-42H,4-5,12H2,1-3H3,(H,38,40)/p+1/b14-11-,36-24?/t29-/m1/s1. The molecule has 0 bridgehead atoms. The van der Waals surface area contributed by atoms with Gasteiger partial charge in [0, 0.05) is 22.8 Å². The number of nitrogens with one attached hydrogen (secondary N) is 2. The second-order valence-corrected chi connectivity index (χ2v) is 11.1. The van der Waals surface area contributed by atoms with Crippen LogP contribution in [0.5, 0.6) is 0 Å². The van der Waals surface area contributed by atoms with Gasteiger partial charge < -0.3 is 20.3 Å². The maximum absolute atomic E-state index is 15.7. The first-order valence-corrected chi connectivity index (χ1v) is 13.4. The number of aliphatic hydroxyl groups is 2. The number of carbonyl (C=O) groups excluding carboxylic acids is 1. The fourth-order valence-electron chi connectivity index (χ4n) is 4.64. The largest absolute Gasteiger partial charge is 0.494 e. The quantitative estimate of drug-likeness (QED) is 0.155. The van der Waals surface area contributed by atoms with Crippen LogP contribution in [0.25, 0.3) is 11.3 Å². The Morgan fingerprint density at radius 3 is 2.47 bits per heavy atom. The van der Waals surface area contributed by atoms with E-state index in [1.54, 1.807) is 0 Å². The van der Waals surface area contributed by atoms with E-state index < -0.39 is 69.9 Å². The third-order valence-electron chi connectivity index (χ3n) is 7.13. The first-order chi connectivity index (χ1) is 20.1. The topological polar surface area (TPSA) is 132 Å². The Hall–Kier alpha value is -3.65. The number of rotatable bonds is 10. The minimum atomic E-state index is -2.79. The van der Waals surface area contributed by atoms with Crippen LogP contribution >= 0.6 is 11.6 Å². The number of halogens is 6. The van der Waals surface area contributed by atoms with Crippen LogP contribution in [0.2, 0.25) is 5.02 Å². The molecule has 2 aliphatic rings. The highest BCUT2D eigenvalue weighted by molar-refractivity contribution is 6.31. The van der Waals surface area contributed by atoms with E-state index in [1.807, 2.05) is 0 Å². The lowest BCUT2D eigenvalue weighted by Crippen LogP contribution is -2.82. The molecule has 4 rings (SSSR count). The molecule has 1 atom stereocenters. The SMILES string of the molecule is COC1=CC(C(=O)NC[C@](O)(c2cc(C(C)(C)O)c(F)c(-c3cc(Cl)c(F)cc3F)n2)C2CC2)=C/C(=C/[NH2+]C(F)F)C1=N. The van der Waals surface area contributed by atoms with Crippen molar-refractivity contribution in [2.45, 2.75) is 44.4 Å². The van der Waals surface area contributed by atoms with E-state index >= 15 is 4.39 Å². The second-order valence-electron chi connectivity index (χ2n) is 10.7. The summed E-state index contributed by atoms with van der Waals surface area (Å²) in [5.74, 6) is -4.66. The summed E-state index contributed by atoms with van der Waals surface area (Å²) < 4.78 is 75.0. The van der Waals surface area contributed by atoms with Gasteiger partial charge in [-0.05, 0) is 56.9 Å². The summed E-state index contributed by atoms with van der Waals surface area (Å²) in [7, 11) is 1.25. The first kappa shape index (κ1) is 32.3. The summed E-state index contributed by atoms with van der Waals surface area (Å²) in [5.41, 5.74) is -5.74. The minimum Gasteiger partial charge on any atom is -0.494 e. The van der Waals surface area contributed by atoms with Crippen molar-refractivity contribution in [2.75, 3.05) is 13.7 Å². The molecule has 2 aromatic rings.